The molecule has 0 saturated heterocycles. The Bertz CT molecular complexity index is 910. The van der Waals surface area contributed by atoms with Crippen LogP contribution in [0.1, 0.15) is 23.7 Å². The third-order valence-corrected chi connectivity index (χ3v) is 4.68. The summed E-state index contributed by atoms with van der Waals surface area (Å²) in [5, 5.41) is 7.66. The van der Waals surface area contributed by atoms with E-state index in [1.54, 1.807) is 6.21 Å². The van der Waals surface area contributed by atoms with E-state index in [0.717, 1.165) is 22.0 Å². The molecule has 7 heteroatoms. The van der Waals surface area contributed by atoms with E-state index in [1.165, 1.54) is 11.3 Å². The zero-order chi connectivity index (χ0) is 19.1. The maximum Gasteiger partial charge on any atom is 0.203 e. The van der Waals surface area contributed by atoms with E-state index in [-0.39, 0.29) is 0 Å². The van der Waals surface area contributed by atoms with Crippen molar-refractivity contribution in [2.24, 2.45) is 5.10 Å². The average Bonchev–Trinajstić information content (AvgIpc) is 3.08. The highest BCUT2D eigenvalue weighted by Gasteiger charge is 2.07. The van der Waals surface area contributed by atoms with Crippen LogP contribution in [0, 0.1) is 6.92 Å². The fraction of sp³-hybridized carbons (Fsp3) is 0.200. The van der Waals surface area contributed by atoms with Crippen molar-refractivity contribution in [1.29, 1.82) is 0 Å². The van der Waals surface area contributed by atoms with Gasteiger partial charge in [-0.15, -0.1) is 11.3 Å². The van der Waals surface area contributed by atoms with Crippen LogP contribution in [-0.4, -0.2) is 17.8 Å². The minimum Gasteiger partial charge on any atom is -0.490 e. The van der Waals surface area contributed by atoms with E-state index in [9.17, 15) is 0 Å². The first kappa shape index (κ1) is 19.2. The summed E-state index contributed by atoms with van der Waals surface area (Å²) in [6.07, 6.45) is 1.72. The average molecular weight is 402 g/mol. The minimum absolute atomic E-state index is 0.440. The Morgan fingerprint density at radius 1 is 1.15 bits per heavy atom. The van der Waals surface area contributed by atoms with Gasteiger partial charge in [0.2, 0.25) is 5.13 Å². The first-order valence-electron chi connectivity index (χ1n) is 8.49. The van der Waals surface area contributed by atoms with Crippen molar-refractivity contribution in [2.45, 2.75) is 20.5 Å². The summed E-state index contributed by atoms with van der Waals surface area (Å²) in [6, 6.07) is 13.3. The lowest BCUT2D eigenvalue weighted by molar-refractivity contribution is 0.269. The minimum atomic E-state index is 0.440. The number of rotatable bonds is 8. The number of hydrazone groups is 1. The lowest BCUT2D eigenvalue weighted by Crippen LogP contribution is -2.00. The number of hydrogen-bond acceptors (Lipinski definition) is 6. The SMILES string of the molecule is CCOc1cc(C=NNc2nc(C)cs2)ccc1OCc1ccc(Cl)cc1. The molecule has 140 valence electrons. The molecule has 0 saturated carbocycles. The molecule has 27 heavy (non-hydrogen) atoms. The molecule has 5 nitrogen and oxygen atoms in total. The summed E-state index contributed by atoms with van der Waals surface area (Å²) in [6.45, 7) is 4.88. The number of anilines is 1. The molecule has 3 rings (SSSR count). The van der Waals surface area contributed by atoms with Crippen molar-refractivity contribution in [2.75, 3.05) is 12.0 Å². The number of halogens is 1. The van der Waals surface area contributed by atoms with Gasteiger partial charge in [0.25, 0.3) is 0 Å². The number of aryl methyl sites for hydroxylation is 1. The number of thiazole rings is 1. The molecule has 0 radical (unpaired) electrons. The fourth-order valence-electron chi connectivity index (χ4n) is 2.30. The van der Waals surface area contributed by atoms with Crippen LogP contribution in [0.4, 0.5) is 5.13 Å². The lowest BCUT2D eigenvalue weighted by atomic mass is 10.2. The normalized spacial score (nSPS) is 10.9. The van der Waals surface area contributed by atoms with Gasteiger partial charge in [0, 0.05) is 10.4 Å². The van der Waals surface area contributed by atoms with Crippen molar-refractivity contribution in [3.63, 3.8) is 0 Å². The van der Waals surface area contributed by atoms with Crippen molar-refractivity contribution in [1.82, 2.24) is 4.98 Å². The van der Waals surface area contributed by atoms with E-state index in [1.807, 2.05) is 61.7 Å². The van der Waals surface area contributed by atoms with Gasteiger partial charge in [-0.2, -0.15) is 5.10 Å². The molecule has 1 heterocycles. The molecule has 0 amide bonds. The second-order valence-corrected chi connectivity index (χ2v) is 7.01. The van der Waals surface area contributed by atoms with Crippen molar-refractivity contribution in [3.8, 4) is 11.5 Å². The molecule has 1 aromatic heterocycles. The Balaban J connectivity index is 1.66. The van der Waals surface area contributed by atoms with Gasteiger partial charge in [0.05, 0.1) is 18.5 Å². The van der Waals surface area contributed by atoms with Crippen molar-refractivity contribution in [3.05, 3.63) is 69.7 Å². The third kappa shape index (κ3) is 5.70. The van der Waals surface area contributed by atoms with Gasteiger partial charge >= 0.3 is 0 Å². The zero-order valence-electron chi connectivity index (χ0n) is 15.1. The van der Waals surface area contributed by atoms with Crippen LogP contribution in [-0.2, 0) is 6.61 Å². The molecule has 0 spiro atoms. The molecule has 0 aliphatic carbocycles. The van der Waals surface area contributed by atoms with E-state index in [2.05, 4.69) is 15.5 Å². The van der Waals surface area contributed by atoms with Crippen molar-refractivity contribution >= 4 is 34.3 Å². The Hall–Kier alpha value is -2.57. The number of ether oxygens (including phenoxy) is 2. The highest BCUT2D eigenvalue weighted by Crippen LogP contribution is 2.29. The molecular weight excluding hydrogens is 382 g/mol. The molecule has 0 unspecified atom stereocenters. The zero-order valence-corrected chi connectivity index (χ0v) is 16.7. The van der Waals surface area contributed by atoms with E-state index in [4.69, 9.17) is 21.1 Å². The molecule has 2 aromatic carbocycles. The molecule has 1 N–H and O–H groups in total. The van der Waals surface area contributed by atoms with Gasteiger partial charge in [0.15, 0.2) is 11.5 Å². The number of nitrogens with zero attached hydrogens (tertiary/aromatic N) is 2. The van der Waals surface area contributed by atoms with Crippen LogP contribution in [0.15, 0.2) is 52.9 Å². The van der Waals surface area contributed by atoms with Crippen LogP contribution in [0.2, 0.25) is 5.02 Å². The number of nitrogens with one attached hydrogen (secondary N) is 1. The highest BCUT2D eigenvalue weighted by molar-refractivity contribution is 7.13. The summed E-state index contributed by atoms with van der Waals surface area (Å²) in [7, 11) is 0. The van der Waals surface area contributed by atoms with Gasteiger partial charge in [-0.3, -0.25) is 5.43 Å². The van der Waals surface area contributed by atoms with Gasteiger partial charge in [0.1, 0.15) is 6.61 Å². The molecular formula is C20H20ClN3O2S. The summed E-state index contributed by atoms with van der Waals surface area (Å²) in [4.78, 5) is 4.30. The van der Waals surface area contributed by atoms with Gasteiger partial charge in [-0.25, -0.2) is 4.98 Å². The smallest absolute Gasteiger partial charge is 0.203 e. The number of hydrogen-bond donors (Lipinski definition) is 1. The maximum atomic E-state index is 5.91. The van der Waals surface area contributed by atoms with Gasteiger partial charge < -0.3 is 9.47 Å². The van der Waals surface area contributed by atoms with E-state index in [0.29, 0.717) is 29.7 Å². The highest BCUT2D eigenvalue weighted by atomic mass is 35.5. The first-order chi connectivity index (χ1) is 13.1. The van der Waals surface area contributed by atoms with Crippen LogP contribution < -0.4 is 14.9 Å². The molecule has 0 atom stereocenters. The van der Waals surface area contributed by atoms with Crippen LogP contribution in [0.25, 0.3) is 0 Å². The molecule has 0 fully saturated rings. The Kier molecular flexibility index (Phi) is 6.68. The molecule has 0 aliphatic rings. The Labute approximate surface area is 167 Å². The summed E-state index contributed by atoms with van der Waals surface area (Å²) in [5.41, 5.74) is 5.83. The summed E-state index contributed by atoms with van der Waals surface area (Å²) in [5.74, 6) is 1.37. The Morgan fingerprint density at radius 2 is 1.96 bits per heavy atom. The summed E-state index contributed by atoms with van der Waals surface area (Å²) < 4.78 is 11.6. The molecule has 3 aromatic rings. The molecule has 0 bridgehead atoms. The Morgan fingerprint density at radius 3 is 2.67 bits per heavy atom. The molecule has 0 aliphatic heterocycles. The predicted octanol–water partition coefficient (Wildman–Crippen LogP) is 5.53. The number of benzene rings is 2. The third-order valence-electron chi connectivity index (χ3n) is 3.57. The van der Waals surface area contributed by atoms with E-state index >= 15 is 0 Å². The maximum absolute atomic E-state index is 5.91. The monoisotopic (exact) mass is 401 g/mol. The topological polar surface area (TPSA) is 55.7 Å². The first-order valence-corrected chi connectivity index (χ1v) is 9.75. The van der Waals surface area contributed by atoms with Crippen LogP contribution in [0.3, 0.4) is 0 Å². The van der Waals surface area contributed by atoms with Crippen LogP contribution >= 0.6 is 22.9 Å². The second kappa shape index (κ2) is 9.39. The van der Waals surface area contributed by atoms with Gasteiger partial charge in [-0.1, -0.05) is 23.7 Å². The van der Waals surface area contributed by atoms with Crippen molar-refractivity contribution < 1.29 is 9.47 Å². The predicted molar refractivity (Wildman–Crippen MR) is 111 cm³/mol. The quantitative estimate of drug-likeness (QED) is 0.398. The van der Waals surface area contributed by atoms with Crippen LogP contribution in [0.5, 0.6) is 11.5 Å². The standard InChI is InChI=1S/C20H20ClN3O2S/c1-3-25-19-10-16(11-22-24-20-23-14(2)13-27-20)6-9-18(19)26-12-15-4-7-17(21)8-5-15/h4-11,13H,3,12H2,1-2H3,(H,23,24). The van der Waals surface area contributed by atoms with Gasteiger partial charge in [-0.05, 0) is 55.3 Å². The van der Waals surface area contributed by atoms with E-state index < -0.39 is 0 Å². The number of aromatic nitrogens is 1. The largest absolute Gasteiger partial charge is 0.490 e. The lowest BCUT2D eigenvalue weighted by Gasteiger charge is -2.12. The fourth-order valence-corrected chi connectivity index (χ4v) is 3.06. The second-order valence-electron chi connectivity index (χ2n) is 5.72. The summed E-state index contributed by atoms with van der Waals surface area (Å²) >= 11 is 7.43.